The van der Waals surface area contributed by atoms with E-state index in [9.17, 15) is 9.59 Å². The van der Waals surface area contributed by atoms with E-state index in [0.29, 0.717) is 44.1 Å². The summed E-state index contributed by atoms with van der Waals surface area (Å²) >= 11 is 1.47. The van der Waals surface area contributed by atoms with Gasteiger partial charge in [-0.15, -0.1) is 11.3 Å². The highest BCUT2D eigenvalue weighted by molar-refractivity contribution is 7.11. The van der Waals surface area contributed by atoms with Crippen LogP contribution in [0.1, 0.15) is 18.7 Å². The molecule has 2 heterocycles. The van der Waals surface area contributed by atoms with E-state index in [0.717, 1.165) is 4.88 Å². The Bertz CT molecular complexity index is 617. The molecule has 138 valence electrons. The standard InChI is InChI=1S/C18H26N2O4S/c1-13(2)12-20-17(21)15(14-6-5-11-25-14)16(18(20)22)19(7-9-23-3)8-10-24-4/h5-6,11,13H,7-10,12H2,1-4H3. The first kappa shape index (κ1) is 19.6. The molecule has 0 aromatic carbocycles. The average Bonchev–Trinajstić information content (AvgIpc) is 3.17. The predicted octanol–water partition coefficient (Wildman–Crippen LogP) is 2.08. The number of amides is 2. The van der Waals surface area contributed by atoms with E-state index in [1.807, 2.05) is 36.3 Å². The number of hydrogen-bond acceptors (Lipinski definition) is 6. The molecule has 0 saturated heterocycles. The second-order valence-electron chi connectivity index (χ2n) is 6.29. The lowest BCUT2D eigenvalue weighted by Crippen LogP contribution is -2.39. The van der Waals surface area contributed by atoms with Gasteiger partial charge in [0, 0.05) is 38.7 Å². The van der Waals surface area contributed by atoms with E-state index >= 15 is 0 Å². The van der Waals surface area contributed by atoms with Crippen molar-refractivity contribution in [2.45, 2.75) is 13.8 Å². The normalized spacial score (nSPS) is 15.0. The second-order valence-corrected chi connectivity index (χ2v) is 7.24. The number of ether oxygens (including phenoxy) is 2. The van der Waals surface area contributed by atoms with Crippen molar-refractivity contribution in [2.75, 3.05) is 47.1 Å². The van der Waals surface area contributed by atoms with Gasteiger partial charge in [-0.1, -0.05) is 19.9 Å². The Morgan fingerprint density at radius 2 is 1.76 bits per heavy atom. The van der Waals surface area contributed by atoms with Crippen molar-refractivity contribution < 1.29 is 19.1 Å². The highest BCUT2D eigenvalue weighted by atomic mass is 32.1. The molecule has 7 heteroatoms. The monoisotopic (exact) mass is 366 g/mol. The second kappa shape index (κ2) is 9.12. The summed E-state index contributed by atoms with van der Waals surface area (Å²) in [6, 6.07) is 3.77. The molecule has 1 aromatic rings. The smallest absolute Gasteiger partial charge is 0.277 e. The lowest BCUT2D eigenvalue weighted by Gasteiger charge is -2.25. The topological polar surface area (TPSA) is 59.1 Å². The molecule has 0 aliphatic carbocycles. The molecule has 0 saturated carbocycles. The van der Waals surface area contributed by atoms with Crippen LogP contribution >= 0.6 is 11.3 Å². The van der Waals surface area contributed by atoms with E-state index in [1.54, 1.807) is 14.2 Å². The van der Waals surface area contributed by atoms with Gasteiger partial charge < -0.3 is 14.4 Å². The van der Waals surface area contributed by atoms with Gasteiger partial charge in [0.05, 0.1) is 18.8 Å². The first-order chi connectivity index (χ1) is 12.0. The van der Waals surface area contributed by atoms with Crippen molar-refractivity contribution in [3.63, 3.8) is 0 Å². The molecule has 1 aromatic heterocycles. The molecule has 0 N–H and O–H groups in total. The maximum Gasteiger partial charge on any atom is 0.277 e. The molecule has 1 aliphatic rings. The van der Waals surface area contributed by atoms with E-state index in [-0.39, 0.29) is 17.7 Å². The van der Waals surface area contributed by atoms with Crippen LogP contribution in [0.5, 0.6) is 0 Å². The maximum absolute atomic E-state index is 13.1. The first-order valence-corrected chi connectivity index (χ1v) is 9.26. The van der Waals surface area contributed by atoms with Gasteiger partial charge >= 0.3 is 0 Å². The minimum atomic E-state index is -0.227. The van der Waals surface area contributed by atoms with Crippen molar-refractivity contribution in [1.82, 2.24) is 9.80 Å². The molecule has 2 rings (SSSR count). The van der Waals surface area contributed by atoms with Gasteiger partial charge in [0.15, 0.2) is 0 Å². The quantitative estimate of drug-likeness (QED) is 0.594. The first-order valence-electron chi connectivity index (χ1n) is 8.38. The van der Waals surface area contributed by atoms with Gasteiger partial charge in [-0.25, -0.2) is 0 Å². The van der Waals surface area contributed by atoms with Crippen molar-refractivity contribution in [3.8, 4) is 0 Å². The van der Waals surface area contributed by atoms with Gasteiger partial charge in [-0.2, -0.15) is 0 Å². The summed E-state index contributed by atoms with van der Waals surface area (Å²) in [7, 11) is 3.24. The Kier molecular flexibility index (Phi) is 7.16. The van der Waals surface area contributed by atoms with Crippen LogP contribution in [0.25, 0.3) is 5.57 Å². The molecule has 0 fully saturated rings. The lowest BCUT2D eigenvalue weighted by molar-refractivity contribution is -0.138. The number of nitrogens with zero attached hydrogens (tertiary/aromatic N) is 2. The number of thiophene rings is 1. The summed E-state index contributed by atoms with van der Waals surface area (Å²) in [4.78, 5) is 30.1. The molecule has 0 unspecified atom stereocenters. The number of imide groups is 1. The zero-order valence-electron chi connectivity index (χ0n) is 15.3. The number of hydrogen-bond donors (Lipinski definition) is 0. The summed E-state index contributed by atoms with van der Waals surface area (Å²) in [6.45, 7) is 6.40. The van der Waals surface area contributed by atoms with Crippen LogP contribution in [-0.4, -0.2) is 68.7 Å². The van der Waals surface area contributed by atoms with Crippen LogP contribution in [0, 0.1) is 5.92 Å². The summed E-state index contributed by atoms with van der Waals surface area (Å²) in [6.07, 6.45) is 0. The molecule has 1 aliphatic heterocycles. The minimum absolute atomic E-state index is 0.211. The Balaban J connectivity index is 2.44. The van der Waals surface area contributed by atoms with Crippen LogP contribution in [-0.2, 0) is 19.1 Å². The van der Waals surface area contributed by atoms with E-state index < -0.39 is 0 Å². The van der Waals surface area contributed by atoms with Crippen LogP contribution in [0.15, 0.2) is 23.2 Å². The Hall–Kier alpha value is -1.70. The molecule has 25 heavy (non-hydrogen) atoms. The molecule has 6 nitrogen and oxygen atoms in total. The zero-order valence-corrected chi connectivity index (χ0v) is 16.1. The van der Waals surface area contributed by atoms with E-state index in [1.165, 1.54) is 16.2 Å². The summed E-state index contributed by atoms with van der Waals surface area (Å²) < 4.78 is 10.4. The third-order valence-electron chi connectivity index (χ3n) is 3.91. The lowest BCUT2D eigenvalue weighted by atomic mass is 10.1. The van der Waals surface area contributed by atoms with Gasteiger partial charge in [0.2, 0.25) is 0 Å². The third kappa shape index (κ3) is 4.48. The van der Waals surface area contributed by atoms with Crippen molar-refractivity contribution in [2.24, 2.45) is 5.92 Å². The minimum Gasteiger partial charge on any atom is -0.383 e. The summed E-state index contributed by atoms with van der Waals surface area (Å²) in [5.41, 5.74) is 0.954. The molecule has 0 spiro atoms. The number of rotatable bonds is 10. The SMILES string of the molecule is COCCN(CCOC)C1=C(c2cccs2)C(=O)N(CC(C)C)C1=O. The molecular weight excluding hydrogens is 340 g/mol. The molecular formula is C18H26N2O4S. The number of carbonyl (C=O) groups excluding carboxylic acids is 2. The predicted molar refractivity (Wildman–Crippen MR) is 98.1 cm³/mol. The summed E-state index contributed by atoms with van der Waals surface area (Å²) in [5, 5.41) is 1.91. The number of carbonyl (C=O) groups is 2. The van der Waals surface area contributed by atoms with Crippen molar-refractivity contribution in [1.29, 1.82) is 0 Å². The van der Waals surface area contributed by atoms with Crippen LogP contribution in [0.2, 0.25) is 0 Å². The zero-order chi connectivity index (χ0) is 18.4. The van der Waals surface area contributed by atoms with Crippen LogP contribution in [0.4, 0.5) is 0 Å². The molecule has 0 radical (unpaired) electrons. The maximum atomic E-state index is 13.1. The molecule has 2 amide bonds. The Labute approximate surface area is 153 Å². The largest absolute Gasteiger partial charge is 0.383 e. The van der Waals surface area contributed by atoms with Crippen molar-refractivity contribution in [3.05, 3.63) is 28.1 Å². The highest BCUT2D eigenvalue weighted by Crippen LogP contribution is 2.34. The number of methoxy groups -OCH3 is 2. The van der Waals surface area contributed by atoms with Gasteiger partial charge in [0.25, 0.3) is 11.8 Å². The third-order valence-corrected chi connectivity index (χ3v) is 4.79. The van der Waals surface area contributed by atoms with E-state index in [4.69, 9.17) is 9.47 Å². The summed E-state index contributed by atoms with van der Waals surface area (Å²) in [5.74, 6) is -0.228. The Morgan fingerprint density at radius 3 is 2.24 bits per heavy atom. The molecule has 0 atom stereocenters. The van der Waals surface area contributed by atoms with Crippen LogP contribution < -0.4 is 0 Å². The fourth-order valence-electron chi connectivity index (χ4n) is 2.77. The van der Waals surface area contributed by atoms with E-state index in [2.05, 4.69) is 0 Å². The van der Waals surface area contributed by atoms with Crippen molar-refractivity contribution >= 4 is 28.7 Å². The van der Waals surface area contributed by atoms with Gasteiger partial charge in [-0.3, -0.25) is 14.5 Å². The van der Waals surface area contributed by atoms with Crippen LogP contribution in [0.3, 0.4) is 0 Å². The Morgan fingerprint density at radius 1 is 1.12 bits per heavy atom. The molecule has 0 bridgehead atoms. The highest BCUT2D eigenvalue weighted by Gasteiger charge is 2.41. The fraction of sp³-hybridized carbons (Fsp3) is 0.556. The van der Waals surface area contributed by atoms with Gasteiger partial charge in [0.1, 0.15) is 5.70 Å². The average molecular weight is 366 g/mol. The fourth-order valence-corrected chi connectivity index (χ4v) is 3.53. The van der Waals surface area contributed by atoms with Gasteiger partial charge in [-0.05, 0) is 17.4 Å².